The van der Waals surface area contributed by atoms with Crippen molar-refractivity contribution in [1.29, 1.82) is 0 Å². The van der Waals surface area contributed by atoms with Gasteiger partial charge < -0.3 is 5.73 Å². The van der Waals surface area contributed by atoms with Crippen LogP contribution in [0.15, 0.2) is 6.07 Å². The number of nitrogens with two attached hydrogens (primary N) is 1. The molecular weight excluding hydrogens is 146 g/mol. The van der Waals surface area contributed by atoms with E-state index < -0.39 is 6.03 Å². The molecule has 0 spiro atoms. The molecule has 1 aromatic heterocycles. The quantitative estimate of drug-likeness (QED) is 0.442. The Kier molecular flexibility index (Phi) is 1.95. The van der Waals surface area contributed by atoms with Gasteiger partial charge in [0.25, 0.3) is 0 Å². The molecule has 0 aliphatic rings. The molecule has 2 amide bonds. The number of hydrogen-bond acceptors (Lipinski definition) is 3. The highest BCUT2D eigenvalue weighted by Crippen LogP contribution is 2.00. The van der Waals surface area contributed by atoms with Crippen molar-refractivity contribution in [2.24, 2.45) is 5.73 Å². The number of hydrazine groups is 1. The van der Waals surface area contributed by atoms with E-state index in [0.29, 0.717) is 5.82 Å². The zero-order valence-corrected chi connectivity index (χ0v) is 6.01. The van der Waals surface area contributed by atoms with E-state index in [-0.39, 0.29) is 0 Å². The number of amides is 2. The number of anilines is 1. The highest BCUT2D eigenvalue weighted by molar-refractivity contribution is 5.72. The standard InChI is InChI=1S/C5H9N5O/c1-3-2-4(8-7-3)9-10-5(6)11/h2H,1H3,(H3,6,10,11)(H2,7,8,9). The number of rotatable bonds is 2. The van der Waals surface area contributed by atoms with E-state index in [0.717, 1.165) is 5.69 Å². The van der Waals surface area contributed by atoms with Crippen molar-refractivity contribution < 1.29 is 4.79 Å². The summed E-state index contributed by atoms with van der Waals surface area (Å²) in [6.45, 7) is 1.85. The highest BCUT2D eigenvalue weighted by Gasteiger charge is 1.95. The van der Waals surface area contributed by atoms with Gasteiger partial charge in [-0.3, -0.25) is 16.0 Å². The van der Waals surface area contributed by atoms with Crippen molar-refractivity contribution in [2.75, 3.05) is 5.43 Å². The molecule has 0 atom stereocenters. The summed E-state index contributed by atoms with van der Waals surface area (Å²) in [6.07, 6.45) is 0. The van der Waals surface area contributed by atoms with E-state index in [1.54, 1.807) is 6.07 Å². The molecule has 0 aromatic carbocycles. The molecule has 1 heterocycles. The van der Waals surface area contributed by atoms with Gasteiger partial charge in [0, 0.05) is 11.8 Å². The summed E-state index contributed by atoms with van der Waals surface area (Å²) >= 11 is 0. The average Bonchev–Trinajstić information content (AvgIpc) is 2.31. The van der Waals surface area contributed by atoms with Crippen LogP contribution >= 0.6 is 0 Å². The number of carbonyl (C=O) groups is 1. The van der Waals surface area contributed by atoms with Crippen LogP contribution in [0.5, 0.6) is 0 Å². The van der Waals surface area contributed by atoms with Gasteiger partial charge >= 0.3 is 6.03 Å². The Balaban J connectivity index is 2.45. The fraction of sp³-hybridized carbons (Fsp3) is 0.200. The molecule has 5 N–H and O–H groups in total. The highest BCUT2D eigenvalue weighted by atomic mass is 16.2. The lowest BCUT2D eigenvalue weighted by molar-refractivity contribution is 0.250. The van der Waals surface area contributed by atoms with Gasteiger partial charge in [0.1, 0.15) is 0 Å². The first kappa shape index (κ1) is 7.39. The molecule has 60 valence electrons. The number of urea groups is 1. The third kappa shape index (κ3) is 2.17. The number of nitrogens with one attached hydrogen (secondary N) is 3. The molecule has 0 bridgehead atoms. The lowest BCUT2D eigenvalue weighted by Crippen LogP contribution is -2.34. The summed E-state index contributed by atoms with van der Waals surface area (Å²) in [5.74, 6) is 0.529. The van der Waals surface area contributed by atoms with Gasteiger partial charge in [0.15, 0.2) is 5.82 Å². The summed E-state index contributed by atoms with van der Waals surface area (Å²) < 4.78 is 0. The third-order valence-corrected chi connectivity index (χ3v) is 1.02. The molecular formula is C5H9N5O. The van der Waals surface area contributed by atoms with Crippen molar-refractivity contribution in [1.82, 2.24) is 15.6 Å². The topological polar surface area (TPSA) is 95.8 Å². The van der Waals surface area contributed by atoms with Crippen LogP contribution in [0.4, 0.5) is 10.6 Å². The van der Waals surface area contributed by atoms with E-state index in [4.69, 9.17) is 5.73 Å². The Hall–Kier alpha value is -1.72. The summed E-state index contributed by atoms with van der Waals surface area (Å²) in [5, 5.41) is 6.47. The lowest BCUT2D eigenvalue weighted by Gasteiger charge is -1.99. The molecule has 0 saturated heterocycles. The number of carbonyl (C=O) groups excluding carboxylic acids is 1. The van der Waals surface area contributed by atoms with Gasteiger partial charge in [-0.25, -0.2) is 4.79 Å². The van der Waals surface area contributed by atoms with Gasteiger partial charge in [-0.1, -0.05) is 0 Å². The molecule has 1 rings (SSSR count). The molecule has 6 nitrogen and oxygen atoms in total. The fourth-order valence-electron chi connectivity index (χ4n) is 0.608. The van der Waals surface area contributed by atoms with Crippen molar-refractivity contribution in [3.05, 3.63) is 11.8 Å². The van der Waals surface area contributed by atoms with Crippen LogP contribution in [0, 0.1) is 6.92 Å². The predicted octanol–water partition coefficient (Wildman–Crippen LogP) is -0.287. The SMILES string of the molecule is Cc1cc(NNC(N)=O)n[nH]1. The molecule has 0 aliphatic heterocycles. The number of hydrogen-bond donors (Lipinski definition) is 4. The van der Waals surface area contributed by atoms with E-state index in [1.807, 2.05) is 6.92 Å². The van der Waals surface area contributed by atoms with Crippen LogP contribution < -0.4 is 16.6 Å². The second-order valence-corrected chi connectivity index (χ2v) is 2.05. The molecule has 0 radical (unpaired) electrons. The molecule has 1 aromatic rings. The van der Waals surface area contributed by atoms with Gasteiger partial charge in [-0.2, -0.15) is 5.10 Å². The number of nitrogens with zero attached hydrogens (tertiary/aromatic N) is 1. The second-order valence-electron chi connectivity index (χ2n) is 2.05. The smallest absolute Gasteiger partial charge is 0.330 e. The van der Waals surface area contributed by atoms with Crippen molar-refractivity contribution in [3.63, 3.8) is 0 Å². The van der Waals surface area contributed by atoms with Crippen LogP contribution in [0.1, 0.15) is 5.69 Å². The monoisotopic (exact) mass is 155 g/mol. The van der Waals surface area contributed by atoms with Crippen molar-refractivity contribution in [3.8, 4) is 0 Å². The Morgan fingerprint density at radius 1 is 1.82 bits per heavy atom. The molecule has 0 unspecified atom stereocenters. The second kappa shape index (κ2) is 2.91. The minimum Gasteiger partial charge on any atom is -0.350 e. The van der Waals surface area contributed by atoms with Gasteiger partial charge in [-0.15, -0.1) is 0 Å². The van der Waals surface area contributed by atoms with Crippen LogP contribution in [-0.4, -0.2) is 16.2 Å². The zero-order chi connectivity index (χ0) is 8.27. The Morgan fingerprint density at radius 2 is 2.55 bits per heavy atom. The maximum absolute atomic E-state index is 10.2. The van der Waals surface area contributed by atoms with E-state index in [2.05, 4.69) is 21.0 Å². The van der Waals surface area contributed by atoms with Crippen LogP contribution in [0.3, 0.4) is 0 Å². The lowest BCUT2D eigenvalue weighted by atomic mass is 10.5. The first-order valence-corrected chi connectivity index (χ1v) is 3.02. The predicted molar refractivity (Wildman–Crippen MR) is 39.7 cm³/mol. The van der Waals surface area contributed by atoms with Crippen LogP contribution in [0.25, 0.3) is 0 Å². The van der Waals surface area contributed by atoms with Crippen LogP contribution in [0.2, 0.25) is 0 Å². The molecule has 11 heavy (non-hydrogen) atoms. The summed E-state index contributed by atoms with van der Waals surface area (Å²) in [7, 11) is 0. The molecule has 6 heteroatoms. The largest absolute Gasteiger partial charge is 0.350 e. The maximum Gasteiger partial charge on any atom is 0.330 e. The normalized spacial score (nSPS) is 9.18. The Labute approximate surface area is 63.1 Å². The third-order valence-electron chi connectivity index (χ3n) is 1.02. The molecule has 0 saturated carbocycles. The minimum absolute atomic E-state index is 0.529. The Morgan fingerprint density at radius 3 is 3.00 bits per heavy atom. The first-order chi connectivity index (χ1) is 5.18. The van der Waals surface area contributed by atoms with Gasteiger partial charge in [-0.05, 0) is 6.92 Å². The maximum atomic E-state index is 10.2. The summed E-state index contributed by atoms with van der Waals surface area (Å²) in [5.41, 5.74) is 10.4. The molecule has 0 aliphatic carbocycles. The van der Waals surface area contributed by atoms with E-state index in [1.165, 1.54) is 0 Å². The minimum atomic E-state index is -0.648. The van der Waals surface area contributed by atoms with Crippen molar-refractivity contribution in [2.45, 2.75) is 6.92 Å². The fourth-order valence-corrected chi connectivity index (χ4v) is 0.608. The Bertz CT molecular complexity index is 255. The van der Waals surface area contributed by atoms with E-state index >= 15 is 0 Å². The number of aromatic nitrogens is 2. The van der Waals surface area contributed by atoms with Crippen molar-refractivity contribution >= 4 is 11.8 Å². The van der Waals surface area contributed by atoms with E-state index in [9.17, 15) is 4.79 Å². The van der Waals surface area contributed by atoms with Gasteiger partial charge in [0.05, 0.1) is 0 Å². The number of primary amides is 1. The summed E-state index contributed by atoms with van der Waals surface area (Å²) in [6, 6.07) is 1.08. The van der Waals surface area contributed by atoms with Crippen LogP contribution in [-0.2, 0) is 0 Å². The number of aromatic amines is 1. The first-order valence-electron chi connectivity index (χ1n) is 3.02. The number of aryl methyl sites for hydroxylation is 1. The van der Waals surface area contributed by atoms with Gasteiger partial charge in [0.2, 0.25) is 0 Å². The zero-order valence-electron chi connectivity index (χ0n) is 6.01. The summed E-state index contributed by atoms with van der Waals surface area (Å²) in [4.78, 5) is 10.2. The number of H-pyrrole nitrogens is 1. The molecule has 0 fully saturated rings. The average molecular weight is 155 g/mol.